The van der Waals surface area contributed by atoms with Crippen molar-refractivity contribution >= 4 is 17.6 Å². The van der Waals surface area contributed by atoms with Crippen LogP contribution in [0.3, 0.4) is 0 Å². The Balaban J connectivity index is 2.06. The molecule has 2 unspecified atom stereocenters. The van der Waals surface area contributed by atoms with Gasteiger partial charge < -0.3 is 16.2 Å². The fourth-order valence-electron chi connectivity index (χ4n) is 2.63. The van der Waals surface area contributed by atoms with Gasteiger partial charge in [-0.2, -0.15) is 0 Å². The van der Waals surface area contributed by atoms with Crippen molar-refractivity contribution in [3.63, 3.8) is 0 Å². The number of hydrogen-bond acceptors (Lipinski definition) is 3. The Morgan fingerprint density at radius 1 is 1.20 bits per heavy atom. The van der Waals surface area contributed by atoms with E-state index >= 15 is 0 Å². The molecule has 0 aromatic heterocycles. The monoisotopic (exact) mass is 276 g/mol. The Kier molecular flexibility index (Phi) is 4.74. The van der Waals surface area contributed by atoms with Gasteiger partial charge in [0.2, 0.25) is 5.91 Å². The highest BCUT2D eigenvalue weighted by molar-refractivity contribution is 5.95. The fourth-order valence-corrected chi connectivity index (χ4v) is 2.63. The van der Waals surface area contributed by atoms with Crippen molar-refractivity contribution in [2.45, 2.75) is 38.1 Å². The number of carbonyl (C=O) groups excluding carboxylic acids is 1. The first-order chi connectivity index (χ1) is 9.58. The minimum atomic E-state index is -1.01. The average molecular weight is 276 g/mol. The fraction of sp³-hybridized carbons (Fsp3) is 0.467. The SMILES string of the molecule is NC1CCCCCC1C(=O)Nc1cccc(C(=O)O)c1. The number of carboxylic acid groups (broad SMARTS) is 1. The smallest absolute Gasteiger partial charge is 0.335 e. The molecule has 0 aliphatic heterocycles. The number of nitrogens with two attached hydrogens (primary N) is 1. The van der Waals surface area contributed by atoms with E-state index in [1.54, 1.807) is 12.1 Å². The van der Waals surface area contributed by atoms with Crippen molar-refractivity contribution in [1.82, 2.24) is 0 Å². The van der Waals surface area contributed by atoms with E-state index in [0.29, 0.717) is 5.69 Å². The summed E-state index contributed by atoms with van der Waals surface area (Å²) in [6.45, 7) is 0. The number of hydrogen-bond donors (Lipinski definition) is 3. The first kappa shape index (κ1) is 14.5. The molecule has 5 nitrogen and oxygen atoms in total. The van der Waals surface area contributed by atoms with Crippen LogP contribution in [0.15, 0.2) is 24.3 Å². The Hall–Kier alpha value is -1.88. The van der Waals surface area contributed by atoms with Gasteiger partial charge in [-0.05, 0) is 31.0 Å². The number of rotatable bonds is 3. The van der Waals surface area contributed by atoms with Gasteiger partial charge in [0.25, 0.3) is 0 Å². The summed E-state index contributed by atoms with van der Waals surface area (Å²) in [5.41, 5.74) is 6.72. The molecular weight excluding hydrogens is 256 g/mol. The predicted octanol–water partition coefficient (Wildman–Crippen LogP) is 2.23. The van der Waals surface area contributed by atoms with Gasteiger partial charge in [-0.25, -0.2) is 4.79 Å². The summed E-state index contributed by atoms with van der Waals surface area (Å²) in [5, 5.41) is 11.7. The van der Waals surface area contributed by atoms with Gasteiger partial charge in [-0.15, -0.1) is 0 Å². The lowest BCUT2D eigenvalue weighted by molar-refractivity contribution is -0.120. The van der Waals surface area contributed by atoms with Crippen LogP contribution in [0.25, 0.3) is 0 Å². The Morgan fingerprint density at radius 2 is 1.95 bits per heavy atom. The molecule has 1 fully saturated rings. The normalized spacial score (nSPS) is 22.9. The maximum absolute atomic E-state index is 12.3. The number of carbonyl (C=O) groups is 2. The lowest BCUT2D eigenvalue weighted by Crippen LogP contribution is -2.37. The van der Waals surface area contributed by atoms with Crippen molar-refractivity contribution in [1.29, 1.82) is 0 Å². The number of aromatic carboxylic acids is 1. The summed E-state index contributed by atoms with van der Waals surface area (Å²) < 4.78 is 0. The third-order valence-corrected chi connectivity index (χ3v) is 3.78. The van der Waals surface area contributed by atoms with Gasteiger partial charge >= 0.3 is 5.97 Å². The van der Waals surface area contributed by atoms with Crippen molar-refractivity contribution in [3.05, 3.63) is 29.8 Å². The number of nitrogens with one attached hydrogen (secondary N) is 1. The number of anilines is 1. The molecule has 1 amide bonds. The van der Waals surface area contributed by atoms with E-state index in [2.05, 4.69) is 5.32 Å². The third-order valence-electron chi connectivity index (χ3n) is 3.78. The van der Waals surface area contributed by atoms with E-state index in [4.69, 9.17) is 10.8 Å². The second kappa shape index (κ2) is 6.52. The molecule has 20 heavy (non-hydrogen) atoms. The summed E-state index contributed by atoms with van der Waals surface area (Å²) in [6, 6.07) is 6.15. The summed E-state index contributed by atoms with van der Waals surface area (Å²) in [7, 11) is 0. The first-order valence-corrected chi connectivity index (χ1v) is 6.98. The number of amides is 1. The first-order valence-electron chi connectivity index (χ1n) is 6.98. The van der Waals surface area contributed by atoms with Crippen LogP contribution in [0.5, 0.6) is 0 Å². The largest absolute Gasteiger partial charge is 0.478 e. The topological polar surface area (TPSA) is 92.4 Å². The van der Waals surface area contributed by atoms with Gasteiger partial charge in [-0.1, -0.05) is 25.3 Å². The molecule has 108 valence electrons. The summed E-state index contributed by atoms with van der Waals surface area (Å²) in [5.74, 6) is -1.31. The zero-order valence-corrected chi connectivity index (χ0v) is 11.3. The van der Waals surface area contributed by atoms with E-state index in [1.165, 1.54) is 12.1 Å². The highest BCUT2D eigenvalue weighted by Gasteiger charge is 2.27. The van der Waals surface area contributed by atoms with Crippen molar-refractivity contribution < 1.29 is 14.7 Å². The molecule has 1 saturated carbocycles. The van der Waals surface area contributed by atoms with Crippen LogP contribution in [-0.4, -0.2) is 23.0 Å². The molecule has 1 aliphatic carbocycles. The van der Waals surface area contributed by atoms with Gasteiger partial charge in [0, 0.05) is 11.7 Å². The molecule has 0 spiro atoms. The molecule has 1 aromatic carbocycles. The maximum atomic E-state index is 12.3. The highest BCUT2D eigenvalue weighted by atomic mass is 16.4. The maximum Gasteiger partial charge on any atom is 0.335 e. The van der Waals surface area contributed by atoms with Crippen molar-refractivity contribution in [2.24, 2.45) is 11.7 Å². The standard InChI is InChI=1S/C15H20N2O3/c16-13-8-3-1-2-7-12(13)14(18)17-11-6-4-5-10(9-11)15(19)20/h4-6,9,12-13H,1-3,7-8,16H2,(H,17,18)(H,19,20). The second-order valence-electron chi connectivity index (χ2n) is 5.28. The molecular formula is C15H20N2O3. The second-order valence-corrected chi connectivity index (χ2v) is 5.28. The molecule has 0 saturated heterocycles. The quantitative estimate of drug-likeness (QED) is 0.738. The molecule has 2 atom stereocenters. The predicted molar refractivity (Wildman–Crippen MR) is 76.6 cm³/mol. The van der Waals surface area contributed by atoms with Crippen LogP contribution >= 0.6 is 0 Å². The number of benzene rings is 1. The molecule has 4 N–H and O–H groups in total. The van der Waals surface area contributed by atoms with Crippen molar-refractivity contribution in [3.8, 4) is 0 Å². The lowest BCUT2D eigenvalue weighted by atomic mass is 9.94. The summed E-state index contributed by atoms with van der Waals surface area (Å²) in [4.78, 5) is 23.2. The van der Waals surface area contributed by atoms with Crippen LogP contribution < -0.4 is 11.1 Å². The van der Waals surface area contributed by atoms with Gasteiger partial charge in [0.1, 0.15) is 0 Å². The minimum absolute atomic E-state index is 0.109. The molecule has 5 heteroatoms. The van der Waals surface area contributed by atoms with Crippen LogP contribution in [0, 0.1) is 5.92 Å². The van der Waals surface area contributed by atoms with Crippen LogP contribution in [0.2, 0.25) is 0 Å². The highest BCUT2D eigenvalue weighted by Crippen LogP contribution is 2.23. The lowest BCUT2D eigenvalue weighted by Gasteiger charge is -2.20. The molecule has 1 aliphatic rings. The molecule has 0 radical (unpaired) electrons. The van der Waals surface area contributed by atoms with E-state index < -0.39 is 5.97 Å². The Labute approximate surface area is 118 Å². The van der Waals surface area contributed by atoms with E-state index in [-0.39, 0.29) is 23.4 Å². The van der Waals surface area contributed by atoms with Crippen molar-refractivity contribution in [2.75, 3.05) is 5.32 Å². The molecule has 2 rings (SSSR count). The van der Waals surface area contributed by atoms with Gasteiger partial charge in [-0.3, -0.25) is 4.79 Å². The Morgan fingerprint density at radius 3 is 2.70 bits per heavy atom. The minimum Gasteiger partial charge on any atom is -0.478 e. The van der Waals surface area contributed by atoms with Gasteiger partial charge in [0.15, 0.2) is 0 Å². The van der Waals surface area contributed by atoms with E-state index in [9.17, 15) is 9.59 Å². The molecule has 1 aromatic rings. The molecule has 0 heterocycles. The van der Waals surface area contributed by atoms with Crippen LogP contribution in [-0.2, 0) is 4.79 Å². The Bertz CT molecular complexity index is 502. The zero-order chi connectivity index (χ0) is 14.5. The van der Waals surface area contributed by atoms with Gasteiger partial charge in [0.05, 0.1) is 11.5 Å². The van der Waals surface area contributed by atoms with E-state index in [0.717, 1.165) is 32.1 Å². The molecule has 0 bridgehead atoms. The number of carboxylic acids is 1. The third kappa shape index (κ3) is 3.57. The van der Waals surface area contributed by atoms with Crippen LogP contribution in [0.1, 0.15) is 42.5 Å². The zero-order valence-electron chi connectivity index (χ0n) is 11.3. The average Bonchev–Trinajstić information content (AvgIpc) is 2.63. The van der Waals surface area contributed by atoms with Crippen LogP contribution in [0.4, 0.5) is 5.69 Å². The summed E-state index contributed by atoms with van der Waals surface area (Å²) >= 11 is 0. The summed E-state index contributed by atoms with van der Waals surface area (Å²) in [6.07, 6.45) is 4.87. The van der Waals surface area contributed by atoms with E-state index in [1.807, 2.05) is 0 Å².